The van der Waals surface area contributed by atoms with Gasteiger partial charge in [0, 0.05) is 37.5 Å². The number of amides is 1. The molecule has 31 heavy (non-hydrogen) atoms. The van der Waals surface area contributed by atoms with Gasteiger partial charge in [0.15, 0.2) is 0 Å². The van der Waals surface area contributed by atoms with Crippen molar-refractivity contribution in [2.45, 2.75) is 44.1 Å². The number of hydrogen-bond donors (Lipinski definition) is 0. The van der Waals surface area contributed by atoms with Gasteiger partial charge in [-0.05, 0) is 75.0 Å². The molecule has 0 spiro atoms. The molecule has 1 aliphatic carbocycles. The molecule has 0 N–H and O–H groups in total. The molecular weight excluding hydrogens is 388 g/mol. The molecule has 2 fully saturated rings. The number of ether oxygens (including phenoxy) is 1. The highest BCUT2D eigenvalue weighted by Crippen LogP contribution is 2.50. The van der Waals surface area contributed by atoms with Crippen molar-refractivity contribution in [2.24, 2.45) is 5.92 Å². The molecule has 2 aromatic rings. The van der Waals surface area contributed by atoms with Gasteiger partial charge in [-0.25, -0.2) is 0 Å². The standard InChI is InChI=1S/C26H32N2O3/c1-19(29)31-24-11-7-10-21(16-24)26-14-15-27(2)18-22(26)12-13-23(17-26)28(3)25(30)20-8-5-4-6-9-20/h4-11,16,22-23H,12-15,17-18H2,1-3H3/t22?,23-,26?/m0/s1. The maximum atomic E-state index is 13.1. The Bertz CT molecular complexity index is 945. The minimum absolute atomic E-state index is 0.0171. The number of piperidine rings is 1. The van der Waals surface area contributed by atoms with Crippen LogP contribution in [0.2, 0.25) is 0 Å². The molecular formula is C26H32N2O3. The normalized spacial score (nSPS) is 26.0. The van der Waals surface area contributed by atoms with Crippen LogP contribution in [0.1, 0.15) is 48.5 Å². The Kier molecular flexibility index (Phi) is 6.15. The maximum Gasteiger partial charge on any atom is 0.308 e. The van der Waals surface area contributed by atoms with Gasteiger partial charge in [-0.1, -0.05) is 30.3 Å². The Balaban J connectivity index is 1.64. The van der Waals surface area contributed by atoms with Gasteiger partial charge in [-0.3, -0.25) is 9.59 Å². The first-order valence-corrected chi connectivity index (χ1v) is 11.2. The molecule has 1 saturated carbocycles. The average molecular weight is 421 g/mol. The van der Waals surface area contributed by atoms with Crippen molar-refractivity contribution in [1.82, 2.24) is 9.80 Å². The van der Waals surface area contributed by atoms with Crippen LogP contribution in [0.3, 0.4) is 0 Å². The third kappa shape index (κ3) is 4.38. The molecule has 2 unspecified atom stereocenters. The smallest absolute Gasteiger partial charge is 0.308 e. The summed E-state index contributed by atoms with van der Waals surface area (Å²) < 4.78 is 5.40. The number of hydrogen-bond acceptors (Lipinski definition) is 4. The van der Waals surface area contributed by atoms with Crippen LogP contribution < -0.4 is 4.74 Å². The van der Waals surface area contributed by atoms with E-state index < -0.39 is 0 Å². The second kappa shape index (κ2) is 8.83. The van der Waals surface area contributed by atoms with Crippen LogP contribution in [-0.4, -0.2) is 54.9 Å². The molecule has 5 nitrogen and oxygen atoms in total. The lowest BCUT2D eigenvalue weighted by Crippen LogP contribution is -2.55. The fourth-order valence-corrected chi connectivity index (χ4v) is 5.60. The molecule has 2 aliphatic rings. The molecule has 5 heteroatoms. The molecule has 4 rings (SSSR count). The summed E-state index contributed by atoms with van der Waals surface area (Å²) in [6.07, 6.45) is 4.07. The Morgan fingerprint density at radius 1 is 1.10 bits per heavy atom. The van der Waals surface area contributed by atoms with E-state index in [0.717, 1.165) is 44.3 Å². The zero-order valence-corrected chi connectivity index (χ0v) is 18.7. The zero-order chi connectivity index (χ0) is 22.0. The molecule has 1 heterocycles. The van der Waals surface area contributed by atoms with Crippen LogP contribution in [0.4, 0.5) is 0 Å². The minimum atomic E-state index is -0.302. The van der Waals surface area contributed by atoms with Crippen molar-refractivity contribution >= 4 is 11.9 Å². The number of likely N-dealkylation sites (tertiary alicyclic amines) is 1. The van der Waals surface area contributed by atoms with Crippen molar-refractivity contribution in [2.75, 3.05) is 27.2 Å². The molecule has 1 aliphatic heterocycles. The second-order valence-corrected chi connectivity index (χ2v) is 9.20. The first-order chi connectivity index (χ1) is 14.9. The average Bonchev–Trinajstić information content (AvgIpc) is 2.78. The number of benzene rings is 2. The molecule has 0 aromatic heterocycles. The van der Waals surface area contributed by atoms with Gasteiger partial charge in [0.2, 0.25) is 0 Å². The monoisotopic (exact) mass is 420 g/mol. The van der Waals surface area contributed by atoms with E-state index in [4.69, 9.17) is 4.74 Å². The van der Waals surface area contributed by atoms with Crippen molar-refractivity contribution in [3.8, 4) is 5.75 Å². The molecule has 2 aromatic carbocycles. The third-order valence-corrected chi connectivity index (χ3v) is 7.26. The summed E-state index contributed by atoms with van der Waals surface area (Å²) in [6, 6.07) is 17.8. The fourth-order valence-electron chi connectivity index (χ4n) is 5.60. The van der Waals surface area contributed by atoms with E-state index in [9.17, 15) is 9.59 Å². The summed E-state index contributed by atoms with van der Waals surface area (Å²) in [5.41, 5.74) is 1.95. The SMILES string of the molecule is CC(=O)Oc1cccc(C23CCN(C)CC2CC[C@H](N(C)C(=O)c2ccccc2)C3)c1. The number of carbonyl (C=O) groups excluding carboxylic acids is 2. The number of esters is 1. The lowest BCUT2D eigenvalue weighted by Gasteiger charge is -2.53. The fraction of sp³-hybridized carbons (Fsp3) is 0.462. The molecule has 3 atom stereocenters. The van der Waals surface area contributed by atoms with Gasteiger partial charge in [-0.2, -0.15) is 0 Å². The van der Waals surface area contributed by atoms with E-state index in [2.05, 4.69) is 18.0 Å². The second-order valence-electron chi connectivity index (χ2n) is 9.20. The lowest BCUT2D eigenvalue weighted by molar-refractivity contribution is -0.131. The number of fused-ring (bicyclic) bond motifs is 1. The largest absolute Gasteiger partial charge is 0.427 e. The van der Waals surface area contributed by atoms with Crippen LogP contribution in [0.5, 0.6) is 5.75 Å². The van der Waals surface area contributed by atoms with Gasteiger partial charge < -0.3 is 14.5 Å². The van der Waals surface area contributed by atoms with Crippen LogP contribution in [0.15, 0.2) is 54.6 Å². The van der Waals surface area contributed by atoms with Gasteiger partial charge in [0.05, 0.1) is 0 Å². The summed E-state index contributed by atoms with van der Waals surface area (Å²) >= 11 is 0. The Morgan fingerprint density at radius 2 is 1.87 bits per heavy atom. The summed E-state index contributed by atoms with van der Waals surface area (Å²) in [5, 5.41) is 0. The topological polar surface area (TPSA) is 49.9 Å². The predicted octanol–water partition coefficient (Wildman–Crippen LogP) is 4.13. The van der Waals surface area contributed by atoms with E-state index in [1.807, 2.05) is 60.5 Å². The highest BCUT2D eigenvalue weighted by atomic mass is 16.5. The zero-order valence-electron chi connectivity index (χ0n) is 18.7. The molecule has 0 bridgehead atoms. The maximum absolute atomic E-state index is 13.1. The molecule has 0 radical (unpaired) electrons. The summed E-state index contributed by atoms with van der Waals surface area (Å²) in [4.78, 5) is 29.0. The van der Waals surface area contributed by atoms with E-state index in [0.29, 0.717) is 11.7 Å². The van der Waals surface area contributed by atoms with Gasteiger partial charge in [0.1, 0.15) is 5.75 Å². The minimum Gasteiger partial charge on any atom is -0.427 e. The van der Waals surface area contributed by atoms with Crippen molar-refractivity contribution in [1.29, 1.82) is 0 Å². The van der Waals surface area contributed by atoms with E-state index in [1.54, 1.807) is 0 Å². The highest BCUT2D eigenvalue weighted by molar-refractivity contribution is 5.94. The van der Waals surface area contributed by atoms with E-state index in [1.165, 1.54) is 12.5 Å². The van der Waals surface area contributed by atoms with E-state index >= 15 is 0 Å². The van der Waals surface area contributed by atoms with Crippen LogP contribution in [0, 0.1) is 5.92 Å². The van der Waals surface area contributed by atoms with Crippen LogP contribution >= 0.6 is 0 Å². The molecule has 1 amide bonds. The third-order valence-electron chi connectivity index (χ3n) is 7.26. The lowest BCUT2D eigenvalue weighted by atomic mass is 9.58. The number of nitrogens with zero attached hydrogens (tertiary/aromatic N) is 2. The van der Waals surface area contributed by atoms with Crippen LogP contribution in [0.25, 0.3) is 0 Å². The molecule has 1 saturated heterocycles. The van der Waals surface area contributed by atoms with Crippen LogP contribution in [-0.2, 0) is 10.2 Å². The van der Waals surface area contributed by atoms with Gasteiger partial charge in [0.25, 0.3) is 5.91 Å². The predicted molar refractivity (Wildman–Crippen MR) is 121 cm³/mol. The van der Waals surface area contributed by atoms with E-state index in [-0.39, 0.29) is 23.3 Å². The van der Waals surface area contributed by atoms with Crippen molar-refractivity contribution in [3.63, 3.8) is 0 Å². The summed E-state index contributed by atoms with van der Waals surface area (Å²) in [5.74, 6) is 0.910. The quantitative estimate of drug-likeness (QED) is 0.551. The van der Waals surface area contributed by atoms with Gasteiger partial charge >= 0.3 is 5.97 Å². The number of carbonyl (C=O) groups is 2. The Hall–Kier alpha value is -2.66. The van der Waals surface area contributed by atoms with Gasteiger partial charge in [-0.15, -0.1) is 0 Å². The molecule has 164 valence electrons. The van der Waals surface area contributed by atoms with Crippen molar-refractivity contribution in [3.05, 3.63) is 65.7 Å². The Labute approximate surface area is 185 Å². The Morgan fingerprint density at radius 3 is 2.61 bits per heavy atom. The first-order valence-electron chi connectivity index (χ1n) is 11.2. The first kappa shape index (κ1) is 21.6. The summed E-state index contributed by atoms with van der Waals surface area (Å²) in [7, 11) is 4.13. The number of rotatable bonds is 4. The highest BCUT2D eigenvalue weighted by Gasteiger charge is 2.48. The summed E-state index contributed by atoms with van der Waals surface area (Å²) in [6.45, 7) is 3.52. The van der Waals surface area contributed by atoms with Crippen molar-refractivity contribution < 1.29 is 14.3 Å².